The van der Waals surface area contributed by atoms with Crippen LogP contribution in [0.1, 0.15) is 63.5 Å². The largest absolute Gasteiger partial charge is 0.353 e. The standard InChI is InChI=1S/C19H27NO/c1-14(2)8-6-9-15(3)20-19(21)18-13-7-11-16-10-4-5-12-17(16)18/h4-5,7,10-12,14-15,18H,6,8-9,13H2,1-3H3,(H,20,21). The van der Waals surface area contributed by atoms with E-state index in [0.717, 1.165) is 24.3 Å². The van der Waals surface area contributed by atoms with Gasteiger partial charge < -0.3 is 5.32 Å². The van der Waals surface area contributed by atoms with Crippen molar-refractivity contribution < 1.29 is 4.79 Å². The van der Waals surface area contributed by atoms with Crippen molar-refractivity contribution in [2.75, 3.05) is 0 Å². The molecule has 0 fully saturated rings. The van der Waals surface area contributed by atoms with E-state index in [0.29, 0.717) is 0 Å². The van der Waals surface area contributed by atoms with Gasteiger partial charge >= 0.3 is 0 Å². The van der Waals surface area contributed by atoms with Gasteiger partial charge in [0.15, 0.2) is 0 Å². The van der Waals surface area contributed by atoms with Gasteiger partial charge in [-0.3, -0.25) is 4.79 Å². The third-order valence-corrected chi connectivity index (χ3v) is 4.16. The summed E-state index contributed by atoms with van der Waals surface area (Å²) in [6.45, 7) is 6.60. The smallest absolute Gasteiger partial charge is 0.228 e. The zero-order valence-electron chi connectivity index (χ0n) is 13.4. The Hall–Kier alpha value is -1.57. The van der Waals surface area contributed by atoms with E-state index in [4.69, 9.17) is 0 Å². The molecule has 2 unspecified atom stereocenters. The van der Waals surface area contributed by atoms with Crippen molar-refractivity contribution in [3.63, 3.8) is 0 Å². The molecule has 2 heteroatoms. The Morgan fingerprint density at radius 3 is 2.76 bits per heavy atom. The minimum Gasteiger partial charge on any atom is -0.353 e. The highest BCUT2D eigenvalue weighted by Gasteiger charge is 2.24. The molecule has 0 spiro atoms. The van der Waals surface area contributed by atoms with Gasteiger partial charge in [-0.2, -0.15) is 0 Å². The van der Waals surface area contributed by atoms with Crippen LogP contribution < -0.4 is 5.32 Å². The zero-order chi connectivity index (χ0) is 15.2. The van der Waals surface area contributed by atoms with Crippen molar-refractivity contribution >= 4 is 12.0 Å². The molecule has 0 heterocycles. The summed E-state index contributed by atoms with van der Waals surface area (Å²) < 4.78 is 0. The molecule has 1 amide bonds. The first-order valence-corrected chi connectivity index (χ1v) is 8.13. The van der Waals surface area contributed by atoms with E-state index in [9.17, 15) is 4.79 Å². The van der Waals surface area contributed by atoms with E-state index < -0.39 is 0 Å². The maximum atomic E-state index is 12.5. The van der Waals surface area contributed by atoms with Crippen LogP contribution in [0.15, 0.2) is 30.3 Å². The van der Waals surface area contributed by atoms with E-state index >= 15 is 0 Å². The number of allylic oxidation sites excluding steroid dienone is 1. The average molecular weight is 285 g/mol. The Labute approximate surface area is 128 Å². The predicted octanol–water partition coefficient (Wildman–Crippen LogP) is 4.52. The minimum absolute atomic E-state index is 0.0289. The van der Waals surface area contributed by atoms with Gasteiger partial charge in [0.25, 0.3) is 0 Å². The van der Waals surface area contributed by atoms with Crippen LogP contribution in [0, 0.1) is 5.92 Å². The van der Waals surface area contributed by atoms with Crippen LogP contribution in [0.5, 0.6) is 0 Å². The second-order valence-electron chi connectivity index (χ2n) is 6.55. The topological polar surface area (TPSA) is 29.1 Å². The first-order chi connectivity index (χ1) is 10.1. The van der Waals surface area contributed by atoms with Gasteiger partial charge in [0, 0.05) is 6.04 Å². The van der Waals surface area contributed by atoms with Gasteiger partial charge in [0.1, 0.15) is 0 Å². The Morgan fingerprint density at radius 1 is 1.24 bits per heavy atom. The number of rotatable bonds is 6. The molecule has 2 rings (SSSR count). The van der Waals surface area contributed by atoms with Gasteiger partial charge in [0.05, 0.1) is 5.92 Å². The van der Waals surface area contributed by atoms with Gasteiger partial charge in [-0.1, -0.05) is 63.1 Å². The Balaban J connectivity index is 1.90. The molecule has 0 aromatic heterocycles. The molecule has 1 N–H and O–H groups in total. The van der Waals surface area contributed by atoms with Crippen molar-refractivity contribution in [2.24, 2.45) is 5.92 Å². The van der Waals surface area contributed by atoms with Crippen molar-refractivity contribution in [1.29, 1.82) is 0 Å². The molecule has 1 aliphatic carbocycles. The van der Waals surface area contributed by atoms with Crippen LogP contribution in [-0.2, 0) is 4.79 Å². The first kappa shape index (κ1) is 15.8. The quantitative estimate of drug-likeness (QED) is 0.818. The van der Waals surface area contributed by atoms with Crippen LogP contribution in [0.25, 0.3) is 6.08 Å². The van der Waals surface area contributed by atoms with E-state index in [1.165, 1.54) is 18.4 Å². The van der Waals surface area contributed by atoms with Gasteiger partial charge in [-0.05, 0) is 36.8 Å². The monoisotopic (exact) mass is 285 g/mol. The number of benzene rings is 1. The summed E-state index contributed by atoms with van der Waals surface area (Å²) in [5.74, 6) is 0.880. The first-order valence-electron chi connectivity index (χ1n) is 8.13. The van der Waals surface area contributed by atoms with Gasteiger partial charge in [-0.15, -0.1) is 0 Å². The minimum atomic E-state index is -0.0289. The molecular formula is C19H27NO. The molecular weight excluding hydrogens is 258 g/mol. The van der Waals surface area contributed by atoms with Crippen molar-refractivity contribution in [3.8, 4) is 0 Å². The third kappa shape index (κ3) is 4.45. The number of fused-ring (bicyclic) bond motifs is 1. The maximum Gasteiger partial charge on any atom is 0.228 e. The molecule has 0 aliphatic heterocycles. The van der Waals surface area contributed by atoms with Crippen molar-refractivity contribution in [1.82, 2.24) is 5.32 Å². The number of hydrogen-bond donors (Lipinski definition) is 1. The average Bonchev–Trinajstić information content (AvgIpc) is 2.46. The summed E-state index contributed by atoms with van der Waals surface area (Å²) in [4.78, 5) is 12.5. The fourth-order valence-corrected chi connectivity index (χ4v) is 2.93. The van der Waals surface area contributed by atoms with E-state index in [1.54, 1.807) is 0 Å². The molecule has 0 radical (unpaired) electrons. The molecule has 0 bridgehead atoms. The Kier molecular flexibility index (Phi) is 5.60. The molecule has 21 heavy (non-hydrogen) atoms. The lowest BCUT2D eigenvalue weighted by molar-refractivity contribution is -0.123. The predicted molar refractivity (Wildman–Crippen MR) is 89.1 cm³/mol. The summed E-state index contributed by atoms with van der Waals surface area (Å²) in [5.41, 5.74) is 2.34. The SMILES string of the molecule is CC(C)CCCC(C)NC(=O)C1CC=Cc2ccccc21. The Bertz CT molecular complexity index is 504. The van der Waals surface area contributed by atoms with Crippen molar-refractivity contribution in [3.05, 3.63) is 41.5 Å². The molecule has 0 saturated heterocycles. The van der Waals surface area contributed by atoms with Gasteiger partial charge in [0.2, 0.25) is 5.91 Å². The molecule has 2 atom stereocenters. The van der Waals surface area contributed by atoms with E-state index in [2.05, 4.69) is 50.4 Å². The fraction of sp³-hybridized carbons (Fsp3) is 0.526. The maximum absolute atomic E-state index is 12.5. The molecule has 2 nitrogen and oxygen atoms in total. The highest BCUT2D eigenvalue weighted by Crippen LogP contribution is 2.29. The molecule has 114 valence electrons. The van der Waals surface area contributed by atoms with Crippen LogP contribution >= 0.6 is 0 Å². The lowest BCUT2D eigenvalue weighted by Crippen LogP contribution is -2.36. The lowest BCUT2D eigenvalue weighted by atomic mass is 9.86. The second-order valence-corrected chi connectivity index (χ2v) is 6.55. The lowest BCUT2D eigenvalue weighted by Gasteiger charge is -2.23. The second kappa shape index (κ2) is 7.44. The van der Waals surface area contributed by atoms with Crippen LogP contribution in [0.2, 0.25) is 0 Å². The fourth-order valence-electron chi connectivity index (χ4n) is 2.93. The summed E-state index contributed by atoms with van der Waals surface area (Å²) >= 11 is 0. The summed E-state index contributed by atoms with van der Waals surface area (Å²) in [5, 5.41) is 3.19. The normalized spacial score (nSPS) is 18.4. The number of carbonyl (C=O) groups is 1. The summed E-state index contributed by atoms with van der Waals surface area (Å²) in [6.07, 6.45) is 8.51. The Morgan fingerprint density at radius 2 is 2.00 bits per heavy atom. The summed E-state index contributed by atoms with van der Waals surface area (Å²) in [7, 11) is 0. The molecule has 1 aromatic rings. The molecule has 1 aliphatic rings. The number of nitrogens with one attached hydrogen (secondary N) is 1. The number of carbonyl (C=O) groups excluding carboxylic acids is 1. The van der Waals surface area contributed by atoms with E-state index in [1.807, 2.05) is 12.1 Å². The van der Waals surface area contributed by atoms with Crippen molar-refractivity contribution in [2.45, 2.75) is 58.4 Å². The highest BCUT2D eigenvalue weighted by molar-refractivity contribution is 5.86. The van der Waals surface area contributed by atoms with E-state index in [-0.39, 0.29) is 17.9 Å². The van der Waals surface area contributed by atoms with Crippen LogP contribution in [0.4, 0.5) is 0 Å². The summed E-state index contributed by atoms with van der Waals surface area (Å²) in [6, 6.07) is 8.46. The third-order valence-electron chi connectivity index (χ3n) is 4.16. The number of hydrogen-bond acceptors (Lipinski definition) is 1. The van der Waals surface area contributed by atoms with Crippen LogP contribution in [-0.4, -0.2) is 11.9 Å². The highest BCUT2D eigenvalue weighted by atomic mass is 16.1. The van der Waals surface area contributed by atoms with Gasteiger partial charge in [-0.25, -0.2) is 0 Å². The zero-order valence-corrected chi connectivity index (χ0v) is 13.4. The molecule has 0 saturated carbocycles. The molecule has 1 aromatic carbocycles. The van der Waals surface area contributed by atoms with Crippen LogP contribution in [0.3, 0.4) is 0 Å². The number of amides is 1.